The molecule has 7 nitrogen and oxygen atoms in total. The second-order valence-corrected chi connectivity index (χ2v) is 7.01. The summed E-state index contributed by atoms with van der Waals surface area (Å²) in [4.78, 5) is 20.3. The van der Waals surface area contributed by atoms with Gasteiger partial charge in [0.15, 0.2) is 11.5 Å². The molecule has 0 saturated heterocycles. The molecule has 2 aromatic carbocycles. The van der Waals surface area contributed by atoms with Gasteiger partial charge in [0, 0.05) is 28.7 Å². The van der Waals surface area contributed by atoms with Gasteiger partial charge in [-0.05, 0) is 30.3 Å². The summed E-state index contributed by atoms with van der Waals surface area (Å²) < 4.78 is 27.0. The molecule has 0 spiro atoms. The van der Waals surface area contributed by atoms with Crippen molar-refractivity contribution in [1.29, 1.82) is 0 Å². The van der Waals surface area contributed by atoms with Gasteiger partial charge in [0.05, 0.1) is 24.9 Å². The predicted molar refractivity (Wildman–Crippen MR) is 117 cm³/mol. The molecule has 0 aliphatic heterocycles. The van der Waals surface area contributed by atoms with E-state index in [-0.39, 0.29) is 17.9 Å². The van der Waals surface area contributed by atoms with Crippen LogP contribution in [0.25, 0.3) is 10.9 Å². The Kier molecular flexibility index (Phi) is 5.99. The van der Waals surface area contributed by atoms with Gasteiger partial charge in [-0.1, -0.05) is 17.7 Å². The van der Waals surface area contributed by atoms with Crippen LogP contribution in [-0.4, -0.2) is 28.3 Å². The Morgan fingerprint density at radius 3 is 2.77 bits per heavy atom. The molecule has 9 heteroatoms. The topological polar surface area (TPSA) is 78.3 Å². The monoisotopic (exact) mass is 440 g/mol. The Labute approximate surface area is 182 Å². The number of rotatable bonds is 7. The van der Waals surface area contributed by atoms with Gasteiger partial charge in [0.1, 0.15) is 24.6 Å². The maximum atomic E-state index is 14.2. The van der Waals surface area contributed by atoms with Crippen molar-refractivity contribution >= 4 is 34.0 Å². The zero-order valence-corrected chi connectivity index (χ0v) is 17.3. The van der Waals surface area contributed by atoms with Crippen molar-refractivity contribution in [2.24, 2.45) is 0 Å². The molecule has 1 N–H and O–H groups in total. The normalized spacial score (nSPS) is 10.8. The van der Waals surface area contributed by atoms with Crippen LogP contribution in [0.5, 0.6) is 11.5 Å². The fraction of sp³-hybridized carbons (Fsp3) is 0.136. The van der Waals surface area contributed by atoms with Crippen LogP contribution in [-0.2, 0) is 6.54 Å². The molecule has 0 bridgehead atoms. The van der Waals surface area contributed by atoms with Gasteiger partial charge in [-0.15, -0.1) is 0 Å². The first-order valence-corrected chi connectivity index (χ1v) is 9.76. The summed E-state index contributed by atoms with van der Waals surface area (Å²) in [5.74, 6) is 0.845. The minimum atomic E-state index is -0.498. The number of ether oxygens (including phenoxy) is 2. The van der Waals surface area contributed by atoms with Crippen LogP contribution in [0.4, 0.5) is 15.9 Å². The summed E-state index contributed by atoms with van der Waals surface area (Å²) in [5, 5.41) is 3.89. The van der Waals surface area contributed by atoms with Crippen LogP contribution in [0.3, 0.4) is 0 Å². The lowest BCUT2D eigenvalue weighted by molar-refractivity contribution is 0.278. The van der Waals surface area contributed by atoms with Crippen molar-refractivity contribution in [3.05, 3.63) is 82.2 Å². The maximum Gasteiger partial charge on any atom is 0.250 e. The van der Waals surface area contributed by atoms with Crippen molar-refractivity contribution in [3.63, 3.8) is 0 Å². The lowest BCUT2D eigenvalue weighted by Gasteiger charge is -2.14. The van der Waals surface area contributed by atoms with Gasteiger partial charge < -0.3 is 19.4 Å². The first-order chi connectivity index (χ1) is 15.0. The molecule has 0 unspecified atom stereocenters. The highest BCUT2D eigenvalue weighted by molar-refractivity contribution is 6.30. The third-order valence-electron chi connectivity index (χ3n) is 4.59. The Bertz CT molecular complexity index is 1300. The van der Waals surface area contributed by atoms with E-state index in [0.717, 1.165) is 0 Å². The fourth-order valence-corrected chi connectivity index (χ4v) is 3.21. The molecule has 4 rings (SSSR count). The van der Waals surface area contributed by atoms with Crippen molar-refractivity contribution in [3.8, 4) is 11.5 Å². The second kappa shape index (κ2) is 9.01. The number of hydrogen-bond donors (Lipinski definition) is 1. The minimum absolute atomic E-state index is 0.102. The highest BCUT2D eigenvalue weighted by Gasteiger charge is 2.13. The Morgan fingerprint density at radius 2 is 2.00 bits per heavy atom. The van der Waals surface area contributed by atoms with E-state index in [2.05, 4.69) is 15.3 Å². The van der Waals surface area contributed by atoms with Crippen molar-refractivity contribution < 1.29 is 13.9 Å². The number of aromatic nitrogens is 3. The van der Waals surface area contributed by atoms with E-state index in [1.807, 2.05) is 0 Å². The van der Waals surface area contributed by atoms with Crippen LogP contribution in [0.15, 0.2) is 65.8 Å². The van der Waals surface area contributed by atoms with E-state index < -0.39 is 5.82 Å². The Hall–Kier alpha value is -3.65. The molecule has 4 aromatic rings. The largest absolute Gasteiger partial charge is 0.493 e. The number of pyridine rings is 1. The van der Waals surface area contributed by atoms with E-state index in [0.29, 0.717) is 39.8 Å². The van der Waals surface area contributed by atoms with Crippen LogP contribution in [0, 0.1) is 5.82 Å². The average Bonchev–Trinajstić information content (AvgIpc) is 2.76. The van der Waals surface area contributed by atoms with Crippen LogP contribution < -0.4 is 20.3 Å². The maximum absolute atomic E-state index is 14.2. The summed E-state index contributed by atoms with van der Waals surface area (Å²) in [6.45, 7) is 0.644. The highest BCUT2D eigenvalue weighted by Crippen LogP contribution is 2.35. The number of methoxy groups -OCH3 is 1. The number of hydrogen-bond acceptors (Lipinski definition) is 6. The number of anilines is 2. The molecule has 0 aliphatic carbocycles. The van der Waals surface area contributed by atoms with Gasteiger partial charge in [0.25, 0.3) is 5.56 Å². The summed E-state index contributed by atoms with van der Waals surface area (Å²) >= 11 is 5.82. The highest BCUT2D eigenvalue weighted by atomic mass is 35.5. The second-order valence-electron chi connectivity index (χ2n) is 6.57. The molecular formula is C22H18ClFN4O3. The smallest absolute Gasteiger partial charge is 0.250 e. The van der Waals surface area contributed by atoms with E-state index >= 15 is 0 Å². The van der Waals surface area contributed by atoms with Crippen LogP contribution >= 0.6 is 11.6 Å². The number of halogens is 2. The minimum Gasteiger partial charge on any atom is -0.493 e. The van der Waals surface area contributed by atoms with Gasteiger partial charge in [-0.3, -0.25) is 4.79 Å². The fourth-order valence-electron chi connectivity index (χ4n) is 3.05. The molecule has 0 saturated carbocycles. The average molecular weight is 441 g/mol. The zero-order valence-electron chi connectivity index (χ0n) is 16.5. The lowest BCUT2D eigenvalue weighted by atomic mass is 10.2. The van der Waals surface area contributed by atoms with Crippen LogP contribution in [0.2, 0.25) is 5.02 Å². The molecule has 0 atom stereocenters. The molecule has 158 valence electrons. The Morgan fingerprint density at radius 1 is 1.13 bits per heavy atom. The van der Waals surface area contributed by atoms with Gasteiger partial charge in [-0.2, -0.15) is 0 Å². The Balaban J connectivity index is 1.60. The molecule has 2 aromatic heterocycles. The summed E-state index contributed by atoms with van der Waals surface area (Å²) in [5.41, 5.74) is 0.714. The molecule has 2 heterocycles. The van der Waals surface area contributed by atoms with E-state index in [9.17, 15) is 9.18 Å². The van der Waals surface area contributed by atoms with Crippen molar-refractivity contribution in [2.45, 2.75) is 6.54 Å². The standard InChI is InChI=1S/C22H18ClFN4O3/c1-30-19-11-15-18(12-20(19)31-9-8-28-7-3-2-4-21(28)29)25-13-26-22(15)27-17-6-5-14(23)10-16(17)24/h2-7,10-13H,8-9H2,1H3,(H,25,26,27). The molecule has 0 aliphatic rings. The van der Waals surface area contributed by atoms with Gasteiger partial charge in [-0.25, -0.2) is 14.4 Å². The number of benzene rings is 2. The molecule has 0 radical (unpaired) electrons. The SMILES string of the molecule is COc1cc2c(Nc3ccc(Cl)cc3F)ncnc2cc1OCCn1ccccc1=O. The van der Waals surface area contributed by atoms with E-state index in [4.69, 9.17) is 21.1 Å². The first kappa shape index (κ1) is 20.6. The third-order valence-corrected chi connectivity index (χ3v) is 4.83. The number of nitrogens with zero attached hydrogens (tertiary/aromatic N) is 3. The van der Waals surface area contributed by atoms with Gasteiger partial charge in [0.2, 0.25) is 0 Å². The number of fused-ring (bicyclic) bond motifs is 1. The van der Waals surface area contributed by atoms with Crippen molar-refractivity contribution in [1.82, 2.24) is 14.5 Å². The van der Waals surface area contributed by atoms with E-state index in [1.165, 1.54) is 31.6 Å². The van der Waals surface area contributed by atoms with Gasteiger partial charge >= 0.3 is 0 Å². The molecule has 31 heavy (non-hydrogen) atoms. The summed E-state index contributed by atoms with van der Waals surface area (Å²) in [7, 11) is 1.52. The van der Waals surface area contributed by atoms with Crippen molar-refractivity contribution in [2.75, 3.05) is 19.0 Å². The van der Waals surface area contributed by atoms with E-state index in [1.54, 1.807) is 41.1 Å². The summed E-state index contributed by atoms with van der Waals surface area (Å²) in [6.07, 6.45) is 3.07. The zero-order chi connectivity index (χ0) is 21.8. The lowest BCUT2D eigenvalue weighted by Crippen LogP contribution is -2.21. The van der Waals surface area contributed by atoms with Crippen LogP contribution in [0.1, 0.15) is 0 Å². The molecular weight excluding hydrogens is 423 g/mol. The third kappa shape index (κ3) is 4.59. The molecule has 0 amide bonds. The predicted octanol–water partition coefficient (Wildman–Crippen LogP) is 4.42. The number of nitrogens with one attached hydrogen (secondary N) is 1. The first-order valence-electron chi connectivity index (χ1n) is 9.38. The summed E-state index contributed by atoms with van der Waals surface area (Å²) in [6, 6.07) is 12.7. The quantitative estimate of drug-likeness (QED) is 0.458. The molecule has 0 fully saturated rings.